The number of thioether (sulfide) groups is 1. The van der Waals surface area contributed by atoms with Crippen LogP contribution >= 0.6 is 23.4 Å². The van der Waals surface area contributed by atoms with E-state index in [-0.39, 0.29) is 17.6 Å². The van der Waals surface area contributed by atoms with E-state index in [4.69, 9.17) is 11.6 Å². The number of hydrogen-bond donors (Lipinski definition) is 2. The summed E-state index contributed by atoms with van der Waals surface area (Å²) in [5.41, 5.74) is 2.10. The van der Waals surface area contributed by atoms with Gasteiger partial charge in [0.05, 0.1) is 5.75 Å². The molecular weight excluding hydrogens is 422 g/mol. The van der Waals surface area contributed by atoms with Gasteiger partial charge in [-0.15, -0.1) is 5.10 Å². The smallest absolute Gasteiger partial charge is 0.253 e. The van der Waals surface area contributed by atoms with Gasteiger partial charge in [0.25, 0.3) is 5.91 Å². The van der Waals surface area contributed by atoms with E-state index in [1.807, 2.05) is 26.0 Å². The molecule has 2 N–H and O–H groups in total. The molecule has 0 saturated heterocycles. The number of H-pyrrole nitrogens is 1. The zero-order valence-corrected chi connectivity index (χ0v) is 18.3. The van der Waals surface area contributed by atoms with Crippen molar-refractivity contribution in [1.29, 1.82) is 0 Å². The molecule has 1 heterocycles. The molecule has 0 bridgehead atoms. The number of nitrogens with zero attached hydrogens (tertiary/aromatic N) is 3. The molecule has 0 fully saturated rings. The van der Waals surface area contributed by atoms with Crippen molar-refractivity contribution < 1.29 is 9.59 Å². The molecule has 9 heteroatoms. The van der Waals surface area contributed by atoms with Gasteiger partial charge >= 0.3 is 0 Å². The maximum atomic E-state index is 12.3. The summed E-state index contributed by atoms with van der Waals surface area (Å²) in [6, 6.07) is 14.1. The molecule has 156 valence electrons. The minimum atomic E-state index is -0.180. The third-order valence-electron chi connectivity index (χ3n) is 4.38. The largest absolute Gasteiger partial charge is 0.339 e. The van der Waals surface area contributed by atoms with Crippen LogP contribution in [-0.4, -0.2) is 50.7 Å². The Kier molecular flexibility index (Phi) is 7.48. The Hall–Kier alpha value is -2.84. The van der Waals surface area contributed by atoms with Gasteiger partial charge in [-0.3, -0.25) is 14.7 Å². The molecule has 0 aliphatic rings. The van der Waals surface area contributed by atoms with Gasteiger partial charge in [-0.05, 0) is 62.4 Å². The summed E-state index contributed by atoms with van der Waals surface area (Å²) in [6.45, 7) is 5.21. The van der Waals surface area contributed by atoms with Gasteiger partial charge in [0.15, 0.2) is 5.82 Å². The highest BCUT2D eigenvalue weighted by atomic mass is 35.5. The van der Waals surface area contributed by atoms with Crippen LogP contribution in [0.15, 0.2) is 53.7 Å². The van der Waals surface area contributed by atoms with Gasteiger partial charge in [-0.25, -0.2) is 4.98 Å². The topological polar surface area (TPSA) is 91.0 Å². The predicted molar refractivity (Wildman–Crippen MR) is 120 cm³/mol. The first-order valence-corrected chi connectivity index (χ1v) is 10.9. The SMILES string of the molecule is CCN(CC)C(=O)c1ccc(NC(=O)CSc2n[nH]c(-c3ccc(Cl)cc3)n2)cc1. The molecule has 3 aromatic rings. The summed E-state index contributed by atoms with van der Waals surface area (Å²) < 4.78 is 0. The van der Waals surface area contributed by atoms with E-state index in [1.54, 1.807) is 41.3 Å². The summed E-state index contributed by atoms with van der Waals surface area (Å²) in [5.74, 6) is 0.580. The first-order valence-electron chi connectivity index (χ1n) is 9.50. The van der Waals surface area contributed by atoms with Gasteiger partial charge in [0.1, 0.15) is 0 Å². The first-order chi connectivity index (χ1) is 14.5. The van der Waals surface area contributed by atoms with Crippen LogP contribution < -0.4 is 5.32 Å². The van der Waals surface area contributed by atoms with Crippen LogP contribution in [0.5, 0.6) is 0 Å². The van der Waals surface area contributed by atoms with Crippen LogP contribution in [0.3, 0.4) is 0 Å². The Morgan fingerprint density at radius 1 is 1.07 bits per heavy atom. The summed E-state index contributed by atoms with van der Waals surface area (Å²) in [7, 11) is 0. The third-order valence-corrected chi connectivity index (χ3v) is 5.48. The lowest BCUT2D eigenvalue weighted by molar-refractivity contribution is -0.113. The lowest BCUT2D eigenvalue weighted by atomic mass is 10.2. The normalized spacial score (nSPS) is 10.6. The monoisotopic (exact) mass is 443 g/mol. The van der Waals surface area contributed by atoms with Crippen molar-refractivity contribution in [1.82, 2.24) is 20.1 Å². The van der Waals surface area contributed by atoms with E-state index in [1.165, 1.54) is 11.8 Å². The van der Waals surface area contributed by atoms with E-state index < -0.39 is 0 Å². The second-order valence-corrected chi connectivity index (χ2v) is 7.74. The van der Waals surface area contributed by atoms with Crippen molar-refractivity contribution in [2.45, 2.75) is 19.0 Å². The fraction of sp³-hybridized carbons (Fsp3) is 0.238. The molecule has 0 atom stereocenters. The van der Waals surface area contributed by atoms with Crippen LogP contribution in [0.1, 0.15) is 24.2 Å². The summed E-state index contributed by atoms with van der Waals surface area (Å²) >= 11 is 7.12. The van der Waals surface area contributed by atoms with Crippen LogP contribution in [0.2, 0.25) is 5.02 Å². The molecule has 1 aromatic heterocycles. The number of halogens is 1. The fourth-order valence-electron chi connectivity index (χ4n) is 2.76. The molecule has 2 amide bonds. The number of rotatable bonds is 8. The molecule has 0 unspecified atom stereocenters. The highest BCUT2D eigenvalue weighted by molar-refractivity contribution is 7.99. The minimum absolute atomic E-state index is 0.0190. The molecular formula is C21H22ClN5O2S. The van der Waals surface area contributed by atoms with Crippen molar-refractivity contribution in [2.75, 3.05) is 24.2 Å². The lowest BCUT2D eigenvalue weighted by Gasteiger charge is -2.18. The Bertz CT molecular complexity index is 1000. The molecule has 2 aromatic carbocycles. The number of hydrogen-bond acceptors (Lipinski definition) is 5. The predicted octanol–water partition coefficient (Wildman–Crippen LogP) is 4.34. The Morgan fingerprint density at radius 3 is 2.37 bits per heavy atom. The number of nitrogens with one attached hydrogen (secondary N) is 2. The van der Waals surface area contributed by atoms with Crippen molar-refractivity contribution in [3.05, 3.63) is 59.1 Å². The number of benzene rings is 2. The van der Waals surface area contributed by atoms with E-state index in [2.05, 4.69) is 20.5 Å². The van der Waals surface area contributed by atoms with Crippen molar-refractivity contribution >= 4 is 40.9 Å². The summed E-state index contributed by atoms with van der Waals surface area (Å²) in [4.78, 5) is 30.7. The fourth-order valence-corrected chi connectivity index (χ4v) is 3.49. The van der Waals surface area contributed by atoms with Crippen molar-refractivity contribution in [3.63, 3.8) is 0 Å². The number of amides is 2. The highest BCUT2D eigenvalue weighted by Gasteiger charge is 2.13. The molecule has 0 aliphatic heterocycles. The number of aromatic nitrogens is 3. The second-order valence-electron chi connectivity index (χ2n) is 6.37. The molecule has 3 rings (SSSR count). The third kappa shape index (κ3) is 5.61. The highest BCUT2D eigenvalue weighted by Crippen LogP contribution is 2.21. The summed E-state index contributed by atoms with van der Waals surface area (Å²) in [6.07, 6.45) is 0. The summed E-state index contributed by atoms with van der Waals surface area (Å²) in [5, 5.41) is 10.9. The minimum Gasteiger partial charge on any atom is -0.339 e. The zero-order chi connectivity index (χ0) is 21.5. The van der Waals surface area contributed by atoms with Crippen LogP contribution in [0.25, 0.3) is 11.4 Å². The van der Waals surface area contributed by atoms with E-state index in [9.17, 15) is 9.59 Å². The van der Waals surface area contributed by atoms with Crippen molar-refractivity contribution in [3.8, 4) is 11.4 Å². The van der Waals surface area contributed by atoms with E-state index >= 15 is 0 Å². The molecule has 0 spiro atoms. The number of carbonyl (C=O) groups excluding carboxylic acids is 2. The average molecular weight is 444 g/mol. The molecule has 7 nitrogen and oxygen atoms in total. The molecule has 0 saturated carbocycles. The zero-order valence-electron chi connectivity index (χ0n) is 16.7. The lowest BCUT2D eigenvalue weighted by Crippen LogP contribution is -2.30. The van der Waals surface area contributed by atoms with Crippen LogP contribution in [0, 0.1) is 0 Å². The van der Waals surface area contributed by atoms with E-state index in [0.29, 0.717) is 40.3 Å². The van der Waals surface area contributed by atoms with Gasteiger partial charge in [0, 0.05) is 34.9 Å². The molecule has 30 heavy (non-hydrogen) atoms. The van der Waals surface area contributed by atoms with Crippen LogP contribution in [-0.2, 0) is 4.79 Å². The van der Waals surface area contributed by atoms with Crippen molar-refractivity contribution in [2.24, 2.45) is 0 Å². The maximum Gasteiger partial charge on any atom is 0.253 e. The quantitative estimate of drug-likeness (QED) is 0.505. The Morgan fingerprint density at radius 2 is 1.73 bits per heavy atom. The standard InChI is InChI=1S/C21H22ClN5O2S/c1-3-27(4-2)20(29)15-7-11-17(12-8-15)23-18(28)13-30-21-24-19(25-26-21)14-5-9-16(22)10-6-14/h5-12H,3-4,13H2,1-2H3,(H,23,28)(H,24,25,26). The average Bonchev–Trinajstić information content (AvgIpc) is 3.23. The van der Waals surface area contributed by atoms with Gasteiger partial charge in [-0.2, -0.15) is 0 Å². The van der Waals surface area contributed by atoms with E-state index in [0.717, 1.165) is 5.56 Å². The number of aromatic amines is 1. The Labute approximate surface area is 184 Å². The second kappa shape index (κ2) is 10.3. The first kappa shape index (κ1) is 21.9. The number of anilines is 1. The van der Waals surface area contributed by atoms with Gasteiger partial charge in [-0.1, -0.05) is 23.4 Å². The van der Waals surface area contributed by atoms with Crippen LogP contribution in [0.4, 0.5) is 5.69 Å². The Balaban J connectivity index is 1.52. The van der Waals surface area contributed by atoms with Gasteiger partial charge in [0.2, 0.25) is 11.1 Å². The molecule has 0 radical (unpaired) electrons. The maximum absolute atomic E-state index is 12.3. The number of carbonyl (C=O) groups is 2. The van der Waals surface area contributed by atoms with Gasteiger partial charge < -0.3 is 10.2 Å². The molecule has 0 aliphatic carbocycles.